The minimum absolute atomic E-state index is 0.0181. The first-order chi connectivity index (χ1) is 6.93. The zero-order chi connectivity index (χ0) is 11.6. The molecule has 0 aromatic heterocycles. The summed E-state index contributed by atoms with van der Waals surface area (Å²) in [7, 11) is 0. The van der Waals surface area contributed by atoms with E-state index in [9.17, 15) is 19.8 Å². The Morgan fingerprint density at radius 1 is 1.47 bits per heavy atom. The van der Waals surface area contributed by atoms with Gasteiger partial charge in [0.05, 0.1) is 0 Å². The highest BCUT2D eigenvalue weighted by molar-refractivity contribution is 6.00. The van der Waals surface area contributed by atoms with Crippen LogP contribution in [0.25, 0.3) is 0 Å². The number of Topliss-reactive ketones (excluding diaryl/α,β-unsaturated/α-hetero) is 1. The Labute approximate surface area is 85.8 Å². The highest BCUT2D eigenvalue weighted by Gasteiger charge is 2.36. The molecule has 3 atom stereocenters. The number of hydrogen-bond acceptors (Lipinski definition) is 6. The SMILES string of the molecule is CC(=O)OCC1=CC(O)C(O)C(O)C1=O. The van der Waals surface area contributed by atoms with Crippen LogP contribution in [0, 0.1) is 0 Å². The van der Waals surface area contributed by atoms with E-state index >= 15 is 0 Å². The molecule has 3 N–H and O–H groups in total. The minimum Gasteiger partial charge on any atom is -0.461 e. The van der Waals surface area contributed by atoms with Gasteiger partial charge in [0.2, 0.25) is 0 Å². The maximum Gasteiger partial charge on any atom is 0.302 e. The van der Waals surface area contributed by atoms with Crippen molar-refractivity contribution in [2.75, 3.05) is 6.61 Å². The highest BCUT2D eigenvalue weighted by atomic mass is 16.5. The zero-order valence-corrected chi connectivity index (χ0v) is 8.08. The van der Waals surface area contributed by atoms with Crippen molar-refractivity contribution in [1.29, 1.82) is 0 Å². The summed E-state index contributed by atoms with van der Waals surface area (Å²) in [6.45, 7) is 0.866. The van der Waals surface area contributed by atoms with Crippen LogP contribution in [0.2, 0.25) is 0 Å². The van der Waals surface area contributed by atoms with Crippen LogP contribution in [0.5, 0.6) is 0 Å². The minimum atomic E-state index is -1.67. The molecule has 0 saturated heterocycles. The number of esters is 1. The first-order valence-corrected chi connectivity index (χ1v) is 4.36. The van der Waals surface area contributed by atoms with Crippen LogP contribution >= 0.6 is 0 Å². The van der Waals surface area contributed by atoms with Crippen LogP contribution in [0.15, 0.2) is 11.6 Å². The van der Waals surface area contributed by atoms with E-state index < -0.39 is 30.1 Å². The number of carbonyl (C=O) groups is 2. The fraction of sp³-hybridized carbons (Fsp3) is 0.556. The van der Waals surface area contributed by atoms with E-state index in [-0.39, 0.29) is 12.2 Å². The number of ketones is 1. The lowest BCUT2D eigenvalue weighted by Crippen LogP contribution is -2.46. The molecule has 0 amide bonds. The Bertz CT molecular complexity index is 308. The van der Waals surface area contributed by atoms with E-state index in [1.54, 1.807) is 0 Å². The third-order valence-corrected chi connectivity index (χ3v) is 2.06. The molecule has 0 aliphatic heterocycles. The van der Waals surface area contributed by atoms with E-state index in [0.29, 0.717) is 0 Å². The molecule has 0 saturated carbocycles. The number of rotatable bonds is 2. The Balaban J connectivity index is 2.75. The van der Waals surface area contributed by atoms with Crippen molar-refractivity contribution in [3.8, 4) is 0 Å². The van der Waals surface area contributed by atoms with E-state index in [2.05, 4.69) is 4.74 Å². The van der Waals surface area contributed by atoms with Gasteiger partial charge in [-0.2, -0.15) is 0 Å². The van der Waals surface area contributed by atoms with Crippen molar-refractivity contribution in [3.63, 3.8) is 0 Å². The molecular formula is C9H12O6. The molecule has 0 bridgehead atoms. The second-order valence-electron chi connectivity index (χ2n) is 3.26. The second-order valence-corrected chi connectivity index (χ2v) is 3.26. The summed E-state index contributed by atoms with van der Waals surface area (Å²) >= 11 is 0. The van der Waals surface area contributed by atoms with Crippen LogP contribution in [0.4, 0.5) is 0 Å². The van der Waals surface area contributed by atoms with Crippen LogP contribution in [-0.4, -0.2) is 52.0 Å². The van der Waals surface area contributed by atoms with Crippen molar-refractivity contribution in [3.05, 3.63) is 11.6 Å². The first-order valence-electron chi connectivity index (χ1n) is 4.36. The first kappa shape index (κ1) is 11.8. The molecule has 15 heavy (non-hydrogen) atoms. The topological polar surface area (TPSA) is 104 Å². The lowest BCUT2D eigenvalue weighted by Gasteiger charge is -2.26. The van der Waals surface area contributed by atoms with E-state index in [0.717, 1.165) is 6.08 Å². The number of ether oxygens (including phenoxy) is 1. The van der Waals surface area contributed by atoms with Gasteiger partial charge in [-0.05, 0) is 6.08 Å². The van der Waals surface area contributed by atoms with Gasteiger partial charge in [-0.3, -0.25) is 9.59 Å². The molecule has 84 valence electrons. The smallest absolute Gasteiger partial charge is 0.302 e. The average Bonchev–Trinajstić information content (AvgIpc) is 2.18. The predicted molar refractivity (Wildman–Crippen MR) is 47.7 cm³/mol. The molecule has 1 aliphatic rings. The van der Waals surface area contributed by atoms with Gasteiger partial charge in [0.25, 0.3) is 0 Å². The third kappa shape index (κ3) is 2.62. The third-order valence-electron chi connectivity index (χ3n) is 2.06. The van der Waals surface area contributed by atoms with Crippen LogP contribution in [0.3, 0.4) is 0 Å². The van der Waals surface area contributed by atoms with Gasteiger partial charge in [0.1, 0.15) is 24.9 Å². The summed E-state index contributed by atoms with van der Waals surface area (Å²) in [4.78, 5) is 21.8. The molecule has 0 radical (unpaired) electrons. The quantitative estimate of drug-likeness (QED) is 0.468. The number of carbonyl (C=O) groups excluding carboxylic acids is 2. The van der Waals surface area contributed by atoms with Crippen molar-refractivity contribution < 1.29 is 29.6 Å². The van der Waals surface area contributed by atoms with Crippen LogP contribution in [0.1, 0.15) is 6.92 Å². The molecule has 1 rings (SSSR count). The lowest BCUT2D eigenvalue weighted by molar-refractivity contribution is -0.142. The Morgan fingerprint density at radius 2 is 2.07 bits per heavy atom. The molecule has 3 unspecified atom stereocenters. The average molecular weight is 216 g/mol. The fourth-order valence-electron chi connectivity index (χ4n) is 1.22. The monoisotopic (exact) mass is 216 g/mol. The normalized spacial score (nSPS) is 31.1. The summed E-state index contributed by atoms with van der Waals surface area (Å²) in [6.07, 6.45) is -3.46. The Morgan fingerprint density at radius 3 is 2.60 bits per heavy atom. The van der Waals surface area contributed by atoms with E-state index in [4.69, 9.17) is 5.11 Å². The Hall–Kier alpha value is -1.24. The van der Waals surface area contributed by atoms with Gasteiger partial charge < -0.3 is 20.1 Å². The zero-order valence-electron chi connectivity index (χ0n) is 8.08. The summed E-state index contributed by atoms with van der Waals surface area (Å²) in [5.41, 5.74) is -0.0181. The molecule has 0 aromatic rings. The maximum atomic E-state index is 11.3. The predicted octanol–water partition coefficient (Wildman–Crippen LogP) is -1.86. The molecule has 0 aromatic carbocycles. The fourth-order valence-corrected chi connectivity index (χ4v) is 1.22. The number of hydrogen-bond donors (Lipinski definition) is 3. The van der Waals surface area contributed by atoms with Crippen molar-refractivity contribution in [1.82, 2.24) is 0 Å². The second kappa shape index (κ2) is 4.52. The van der Waals surface area contributed by atoms with Gasteiger partial charge in [-0.1, -0.05) is 0 Å². The van der Waals surface area contributed by atoms with Crippen LogP contribution < -0.4 is 0 Å². The largest absolute Gasteiger partial charge is 0.461 e. The molecule has 0 spiro atoms. The van der Waals surface area contributed by atoms with Gasteiger partial charge in [-0.25, -0.2) is 0 Å². The molecule has 0 fully saturated rings. The molecule has 1 aliphatic carbocycles. The van der Waals surface area contributed by atoms with Crippen molar-refractivity contribution >= 4 is 11.8 Å². The van der Waals surface area contributed by atoms with Crippen molar-refractivity contribution in [2.45, 2.75) is 25.2 Å². The summed E-state index contributed by atoms with van der Waals surface area (Å²) < 4.78 is 4.55. The molecule has 6 nitrogen and oxygen atoms in total. The molecule has 6 heteroatoms. The summed E-state index contributed by atoms with van der Waals surface area (Å²) in [5.74, 6) is -1.31. The molecular weight excluding hydrogens is 204 g/mol. The standard InChI is InChI=1S/C9H12O6/c1-4(10)15-3-5-2-6(11)8(13)9(14)7(5)12/h2,6,8-9,11,13-14H,3H2,1H3. The summed E-state index contributed by atoms with van der Waals surface area (Å²) in [6, 6.07) is 0. The summed E-state index contributed by atoms with van der Waals surface area (Å²) in [5, 5.41) is 27.6. The number of aliphatic hydroxyl groups excluding tert-OH is 3. The van der Waals surface area contributed by atoms with Crippen LogP contribution in [-0.2, 0) is 14.3 Å². The van der Waals surface area contributed by atoms with Crippen molar-refractivity contribution in [2.24, 2.45) is 0 Å². The number of aliphatic hydroxyl groups is 3. The molecule has 0 heterocycles. The Kier molecular flexibility index (Phi) is 3.57. The van der Waals surface area contributed by atoms with E-state index in [1.807, 2.05) is 0 Å². The van der Waals surface area contributed by atoms with Gasteiger partial charge in [0.15, 0.2) is 5.78 Å². The van der Waals surface area contributed by atoms with Gasteiger partial charge >= 0.3 is 5.97 Å². The lowest BCUT2D eigenvalue weighted by atomic mass is 9.91. The van der Waals surface area contributed by atoms with Gasteiger partial charge in [0, 0.05) is 12.5 Å². The van der Waals surface area contributed by atoms with Gasteiger partial charge in [-0.15, -0.1) is 0 Å². The highest BCUT2D eigenvalue weighted by Crippen LogP contribution is 2.16. The maximum absolute atomic E-state index is 11.3. The van der Waals surface area contributed by atoms with E-state index in [1.165, 1.54) is 6.92 Å².